The third-order valence-corrected chi connectivity index (χ3v) is 4.49. The average molecular weight is 357 g/mol. The predicted molar refractivity (Wildman–Crippen MR) is 85.9 cm³/mol. The molecule has 21 heavy (non-hydrogen) atoms. The van der Waals surface area contributed by atoms with Crippen molar-refractivity contribution < 1.29 is 9.18 Å². The topological polar surface area (TPSA) is 23.6 Å². The maximum absolute atomic E-state index is 13.5. The quantitative estimate of drug-likeness (QED) is 0.825. The number of nitrogens with zero attached hydrogens (tertiary/aromatic N) is 2. The fourth-order valence-corrected chi connectivity index (χ4v) is 2.67. The molecule has 0 aromatic heterocycles. The number of piperazine rings is 1. The van der Waals surface area contributed by atoms with Crippen LogP contribution in [0.1, 0.15) is 30.6 Å². The third-order valence-electron chi connectivity index (χ3n) is 3.85. The van der Waals surface area contributed by atoms with Crippen LogP contribution in [0.15, 0.2) is 22.7 Å². The summed E-state index contributed by atoms with van der Waals surface area (Å²) in [6.45, 7) is 8.77. The van der Waals surface area contributed by atoms with Gasteiger partial charge in [0.25, 0.3) is 5.91 Å². The van der Waals surface area contributed by atoms with Gasteiger partial charge in [-0.3, -0.25) is 9.69 Å². The molecule has 0 unspecified atom stereocenters. The number of halogens is 2. The summed E-state index contributed by atoms with van der Waals surface area (Å²) in [4.78, 5) is 16.6. The van der Waals surface area contributed by atoms with E-state index in [-0.39, 0.29) is 5.91 Å². The van der Waals surface area contributed by atoms with E-state index in [4.69, 9.17) is 0 Å². The minimum atomic E-state index is -0.392. The summed E-state index contributed by atoms with van der Waals surface area (Å²) >= 11 is 3.10. The smallest absolute Gasteiger partial charge is 0.254 e. The van der Waals surface area contributed by atoms with Crippen molar-refractivity contribution in [3.05, 3.63) is 34.1 Å². The molecule has 1 saturated heterocycles. The molecule has 116 valence electrons. The Morgan fingerprint density at radius 2 is 1.95 bits per heavy atom. The fourth-order valence-electron chi connectivity index (χ4n) is 2.43. The van der Waals surface area contributed by atoms with Crippen molar-refractivity contribution in [1.82, 2.24) is 9.80 Å². The zero-order valence-electron chi connectivity index (χ0n) is 12.6. The molecule has 1 aromatic rings. The Morgan fingerprint density at radius 1 is 1.29 bits per heavy atom. The second-order valence-corrected chi connectivity index (χ2v) is 6.80. The summed E-state index contributed by atoms with van der Waals surface area (Å²) in [5.74, 6) is 0.233. The second kappa shape index (κ2) is 7.36. The van der Waals surface area contributed by atoms with E-state index in [0.717, 1.165) is 19.6 Å². The Labute approximate surface area is 134 Å². The van der Waals surface area contributed by atoms with E-state index in [1.807, 2.05) is 4.90 Å². The largest absolute Gasteiger partial charge is 0.336 e. The van der Waals surface area contributed by atoms with Gasteiger partial charge < -0.3 is 4.90 Å². The van der Waals surface area contributed by atoms with Crippen molar-refractivity contribution >= 4 is 21.8 Å². The molecule has 0 aliphatic carbocycles. The molecule has 0 N–H and O–H groups in total. The molecule has 1 aromatic carbocycles. The van der Waals surface area contributed by atoms with Crippen LogP contribution in [-0.4, -0.2) is 48.4 Å². The summed E-state index contributed by atoms with van der Waals surface area (Å²) in [6, 6.07) is 4.56. The van der Waals surface area contributed by atoms with Gasteiger partial charge in [0.2, 0.25) is 0 Å². The van der Waals surface area contributed by atoms with Gasteiger partial charge in [0.15, 0.2) is 0 Å². The second-order valence-electron chi connectivity index (χ2n) is 5.95. The van der Waals surface area contributed by atoms with Gasteiger partial charge in [-0.05, 0) is 53.0 Å². The summed E-state index contributed by atoms with van der Waals surface area (Å²) < 4.78 is 13.9. The van der Waals surface area contributed by atoms with E-state index in [2.05, 4.69) is 34.7 Å². The van der Waals surface area contributed by atoms with Gasteiger partial charge in [-0.2, -0.15) is 0 Å². The van der Waals surface area contributed by atoms with Crippen LogP contribution >= 0.6 is 15.9 Å². The molecular formula is C16H22BrFN2O. The van der Waals surface area contributed by atoms with Crippen LogP contribution in [0.2, 0.25) is 0 Å². The lowest BCUT2D eigenvalue weighted by molar-refractivity contribution is 0.0631. The number of carbonyl (C=O) groups excluding carboxylic acids is 1. The molecule has 5 heteroatoms. The first-order valence-electron chi connectivity index (χ1n) is 7.44. The van der Waals surface area contributed by atoms with Crippen LogP contribution < -0.4 is 0 Å². The lowest BCUT2D eigenvalue weighted by atomic mass is 10.1. The van der Waals surface area contributed by atoms with Crippen LogP contribution in [-0.2, 0) is 0 Å². The van der Waals surface area contributed by atoms with Crippen molar-refractivity contribution in [3.8, 4) is 0 Å². The van der Waals surface area contributed by atoms with Gasteiger partial charge in [0, 0.05) is 31.7 Å². The highest BCUT2D eigenvalue weighted by atomic mass is 79.9. The van der Waals surface area contributed by atoms with Gasteiger partial charge in [0.05, 0.1) is 4.47 Å². The number of hydrogen-bond acceptors (Lipinski definition) is 2. The molecule has 1 aliphatic heterocycles. The SMILES string of the molecule is CC(C)CCN1CCN(C(=O)c2ccc(Br)c(F)c2)CC1. The Morgan fingerprint density at radius 3 is 2.52 bits per heavy atom. The Hall–Kier alpha value is -0.940. The van der Waals surface area contributed by atoms with E-state index in [9.17, 15) is 9.18 Å². The minimum Gasteiger partial charge on any atom is -0.336 e. The van der Waals surface area contributed by atoms with Crippen molar-refractivity contribution in [2.75, 3.05) is 32.7 Å². The molecule has 0 radical (unpaired) electrons. The molecule has 2 rings (SSSR count). The molecule has 0 bridgehead atoms. The fraction of sp³-hybridized carbons (Fsp3) is 0.562. The van der Waals surface area contributed by atoms with Crippen molar-refractivity contribution in [3.63, 3.8) is 0 Å². The zero-order valence-corrected chi connectivity index (χ0v) is 14.2. The predicted octanol–water partition coefficient (Wildman–Crippen LogP) is 3.39. The first kappa shape index (κ1) is 16.4. The molecule has 0 spiro atoms. The number of amides is 1. The summed E-state index contributed by atoms with van der Waals surface area (Å²) in [6.07, 6.45) is 1.19. The highest BCUT2D eigenvalue weighted by Crippen LogP contribution is 2.18. The van der Waals surface area contributed by atoms with Gasteiger partial charge >= 0.3 is 0 Å². The van der Waals surface area contributed by atoms with E-state index in [1.54, 1.807) is 12.1 Å². The van der Waals surface area contributed by atoms with Gasteiger partial charge in [-0.1, -0.05) is 13.8 Å². The molecular weight excluding hydrogens is 335 g/mol. The number of carbonyl (C=O) groups is 1. The monoisotopic (exact) mass is 356 g/mol. The van der Waals surface area contributed by atoms with Gasteiger partial charge in [0.1, 0.15) is 5.82 Å². The lowest BCUT2D eigenvalue weighted by Gasteiger charge is -2.35. The Kier molecular flexibility index (Phi) is 5.76. The lowest BCUT2D eigenvalue weighted by Crippen LogP contribution is -2.49. The Bertz CT molecular complexity index is 499. The molecule has 1 fully saturated rings. The number of hydrogen-bond donors (Lipinski definition) is 0. The summed E-state index contributed by atoms with van der Waals surface area (Å²) in [5.41, 5.74) is 0.423. The van der Waals surface area contributed by atoms with E-state index >= 15 is 0 Å². The maximum Gasteiger partial charge on any atom is 0.254 e. The van der Waals surface area contributed by atoms with E-state index in [0.29, 0.717) is 29.0 Å². The number of benzene rings is 1. The molecule has 1 heterocycles. The highest BCUT2D eigenvalue weighted by molar-refractivity contribution is 9.10. The minimum absolute atomic E-state index is 0.0788. The molecule has 0 saturated carbocycles. The molecule has 0 atom stereocenters. The normalized spacial score (nSPS) is 16.5. The van der Waals surface area contributed by atoms with Crippen LogP contribution in [0.4, 0.5) is 4.39 Å². The number of rotatable bonds is 4. The first-order valence-corrected chi connectivity index (χ1v) is 8.23. The highest BCUT2D eigenvalue weighted by Gasteiger charge is 2.22. The molecule has 1 aliphatic rings. The van der Waals surface area contributed by atoms with Gasteiger partial charge in [-0.25, -0.2) is 4.39 Å². The Balaban J connectivity index is 1.89. The summed E-state index contributed by atoms with van der Waals surface area (Å²) in [7, 11) is 0. The maximum atomic E-state index is 13.5. The van der Waals surface area contributed by atoms with Crippen LogP contribution in [0.3, 0.4) is 0 Å². The van der Waals surface area contributed by atoms with Crippen LogP contribution in [0, 0.1) is 11.7 Å². The van der Waals surface area contributed by atoms with E-state index < -0.39 is 5.82 Å². The zero-order chi connectivity index (χ0) is 15.4. The standard InChI is InChI=1S/C16H22BrFN2O/c1-12(2)5-6-19-7-9-20(10-8-19)16(21)13-3-4-14(17)15(18)11-13/h3-4,11-12H,5-10H2,1-2H3. The van der Waals surface area contributed by atoms with Crippen molar-refractivity contribution in [2.45, 2.75) is 20.3 Å². The van der Waals surface area contributed by atoms with Crippen molar-refractivity contribution in [1.29, 1.82) is 0 Å². The molecule has 1 amide bonds. The van der Waals surface area contributed by atoms with Crippen LogP contribution in [0.5, 0.6) is 0 Å². The van der Waals surface area contributed by atoms with Gasteiger partial charge in [-0.15, -0.1) is 0 Å². The third kappa shape index (κ3) is 4.51. The van der Waals surface area contributed by atoms with Crippen LogP contribution in [0.25, 0.3) is 0 Å². The van der Waals surface area contributed by atoms with Crippen molar-refractivity contribution in [2.24, 2.45) is 5.92 Å². The first-order chi connectivity index (χ1) is 9.97. The average Bonchev–Trinajstić information content (AvgIpc) is 2.48. The molecule has 3 nitrogen and oxygen atoms in total. The van der Waals surface area contributed by atoms with E-state index in [1.165, 1.54) is 12.5 Å². The summed E-state index contributed by atoms with van der Waals surface area (Å²) in [5, 5.41) is 0.